The van der Waals surface area contributed by atoms with Gasteiger partial charge in [-0.2, -0.15) is 0 Å². The molecular weight excluding hydrogens is 244 g/mol. The summed E-state index contributed by atoms with van der Waals surface area (Å²) < 4.78 is 0. The minimum Gasteiger partial charge on any atom is -0.298 e. The van der Waals surface area contributed by atoms with Crippen LogP contribution in [0.2, 0.25) is 0 Å². The van der Waals surface area contributed by atoms with Crippen molar-refractivity contribution in [3.8, 4) is 0 Å². The van der Waals surface area contributed by atoms with E-state index in [1.807, 2.05) is 18.2 Å². The van der Waals surface area contributed by atoms with Crippen molar-refractivity contribution in [3.63, 3.8) is 0 Å². The van der Waals surface area contributed by atoms with Crippen LogP contribution in [0.1, 0.15) is 35.1 Å². The minimum absolute atomic E-state index is 0.194. The molecule has 0 radical (unpaired) electrons. The molecule has 102 valence electrons. The summed E-state index contributed by atoms with van der Waals surface area (Å²) in [4.78, 5) is 12.7. The monoisotopic (exact) mass is 264 g/mol. The van der Waals surface area contributed by atoms with Crippen LogP contribution in [0.5, 0.6) is 0 Å². The highest BCUT2D eigenvalue weighted by atomic mass is 16.1. The van der Waals surface area contributed by atoms with Crippen LogP contribution < -0.4 is 0 Å². The lowest BCUT2D eigenvalue weighted by atomic mass is 9.87. The van der Waals surface area contributed by atoms with E-state index < -0.39 is 0 Å². The highest BCUT2D eigenvalue weighted by Crippen LogP contribution is 2.49. The third-order valence-electron chi connectivity index (χ3n) is 4.55. The second-order valence-corrected chi connectivity index (χ2v) is 5.97. The lowest BCUT2D eigenvalue weighted by Crippen LogP contribution is -2.22. The van der Waals surface area contributed by atoms with Crippen molar-refractivity contribution in [3.05, 3.63) is 70.8 Å². The number of ketones is 1. The number of rotatable bonds is 4. The average Bonchev–Trinajstić information content (AvgIpc) is 3.26. The molecule has 0 amide bonds. The van der Waals surface area contributed by atoms with Crippen molar-refractivity contribution in [2.45, 2.75) is 38.5 Å². The Morgan fingerprint density at radius 1 is 1.00 bits per heavy atom. The molecule has 0 spiro atoms. The topological polar surface area (TPSA) is 17.1 Å². The van der Waals surface area contributed by atoms with Crippen LogP contribution in [0.25, 0.3) is 0 Å². The fourth-order valence-electron chi connectivity index (χ4n) is 2.88. The Morgan fingerprint density at radius 3 is 2.30 bits per heavy atom. The third-order valence-corrected chi connectivity index (χ3v) is 4.55. The van der Waals surface area contributed by atoms with Crippen LogP contribution in [-0.2, 0) is 16.6 Å². The zero-order valence-corrected chi connectivity index (χ0v) is 12.1. The lowest BCUT2D eigenvalue weighted by Gasteiger charge is -2.15. The number of aryl methyl sites for hydroxylation is 2. The summed E-state index contributed by atoms with van der Waals surface area (Å²) in [6.45, 7) is 4.21. The average molecular weight is 264 g/mol. The smallest absolute Gasteiger partial charge is 0.147 e. The first kappa shape index (κ1) is 13.1. The number of carbonyl (C=O) groups is 1. The molecule has 0 aromatic heterocycles. The van der Waals surface area contributed by atoms with Gasteiger partial charge >= 0.3 is 0 Å². The maximum absolute atomic E-state index is 12.7. The van der Waals surface area contributed by atoms with Crippen molar-refractivity contribution in [2.75, 3.05) is 0 Å². The summed E-state index contributed by atoms with van der Waals surface area (Å²) in [6, 6.07) is 16.6. The largest absolute Gasteiger partial charge is 0.298 e. The quantitative estimate of drug-likeness (QED) is 0.811. The summed E-state index contributed by atoms with van der Waals surface area (Å²) in [7, 11) is 0. The van der Waals surface area contributed by atoms with Crippen LogP contribution in [-0.4, -0.2) is 5.78 Å². The van der Waals surface area contributed by atoms with Gasteiger partial charge in [0.25, 0.3) is 0 Å². The summed E-state index contributed by atoms with van der Waals surface area (Å²) in [5, 5.41) is 0. The first-order chi connectivity index (χ1) is 9.62. The van der Waals surface area contributed by atoms with Gasteiger partial charge in [-0.25, -0.2) is 0 Å². The Bertz CT molecular complexity index is 636. The fourth-order valence-corrected chi connectivity index (χ4v) is 2.88. The molecule has 1 nitrogen and oxygen atoms in total. The molecule has 1 saturated carbocycles. The van der Waals surface area contributed by atoms with E-state index in [2.05, 4.69) is 44.2 Å². The predicted molar refractivity (Wildman–Crippen MR) is 82.0 cm³/mol. The standard InChI is InChI=1S/C19H20O/c1-14-8-9-16(12-15(14)2)13-18(20)19(10-11-19)17-6-4-3-5-7-17/h3-9,12H,10-11,13H2,1-2H3. The van der Waals surface area contributed by atoms with E-state index in [4.69, 9.17) is 0 Å². The van der Waals surface area contributed by atoms with E-state index in [1.165, 1.54) is 16.7 Å². The van der Waals surface area contributed by atoms with E-state index in [1.54, 1.807) is 0 Å². The van der Waals surface area contributed by atoms with Gasteiger partial charge in [0.15, 0.2) is 0 Å². The van der Waals surface area contributed by atoms with Crippen LogP contribution in [0, 0.1) is 13.8 Å². The minimum atomic E-state index is -0.194. The second kappa shape index (κ2) is 4.90. The van der Waals surface area contributed by atoms with E-state index >= 15 is 0 Å². The second-order valence-electron chi connectivity index (χ2n) is 5.97. The van der Waals surface area contributed by atoms with Gasteiger partial charge in [0, 0.05) is 6.42 Å². The molecule has 0 saturated heterocycles. The normalized spacial score (nSPS) is 15.9. The summed E-state index contributed by atoms with van der Waals surface area (Å²) in [5.74, 6) is 0.368. The molecule has 0 unspecified atom stereocenters. The molecule has 1 heteroatoms. The first-order valence-electron chi connectivity index (χ1n) is 7.27. The van der Waals surface area contributed by atoms with Gasteiger partial charge in [0.1, 0.15) is 5.78 Å². The Kier molecular flexibility index (Phi) is 3.21. The highest BCUT2D eigenvalue weighted by Gasteiger charge is 2.50. The van der Waals surface area contributed by atoms with Gasteiger partial charge in [-0.1, -0.05) is 48.5 Å². The highest BCUT2D eigenvalue weighted by molar-refractivity contribution is 5.94. The Labute approximate surface area is 120 Å². The predicted octanol–water partition coefficient (Wildman–Crippen LogP) is 4.15. The van der Waals surface area contributed by atoms with Gasteiger partial charge in [0.05, 0.1) is 5.41 Å². The van der Waals surface area contributed by atoms with Crippen LogP contribution in [0.4, 0.5) is 0 Å². The lowest BCUT2D eigenvalue weighted by molar-refractivity contribution is -0.120. The molecule has 0 aliphatic heterocycles. The van der Waals surface area contributed by atoms with Crippen LogP contribution in [0.15, 0.2) is 48.5 Å². The summed E-state index contributed by atoms with van der Waals surface area (Å²) in [6.07, 6.45) is 2.55. The molecule has 1 aliphatic rings. The van der Waals surface area contributed by atoms with Gasteiger partial charge < -0.3 is 0 Å². The van der Waals surface area contributed by atoms with Crippen LogP contribution >= 0.6 is 0 Å². The zero-order valence-electron chi connectivity index (χ0n) is 12.1. The molecule has 0 atom stereocenters. The molecular formula is C19H20O. The number of hydrogen-bond donors (Lipinski definition) is 0. The molecule has 1 aliphatic carbocycles. The SMILES string of the molecule is Cc1ccc(CC(=O)C2(c3ccccc3)CC2)cc1C. The van der Waals surface area contributed by atoms with Crippen molar-refractivity contribution >= 4 is 5.78 Å². The Balaban J connectivity index is 1.81. The first-order valence-corrected chi connectivity index (χ1v) is 7.27. The molecule has 3 rings (SSSR count). The van der Waals surface area contributed by atoms with Crippen molar-refractivity contribution in [2.24, 2.45) is 0 Å². The third kappa shape index (κ3) is 2.29. The molecule has 2 aromatic carbocycles. The van der Waals surface area contributed by atoms with Crippen LogP contribution in [0.3, 0.4) is 0 Å². The number of Topliss-reactive ketones (excluding diaryl/α,β-unsaturated/α-hetero) is 1. The Hall–Kier alpha value is -1.89. The van der Waals surface area contributed by atoms with Gasteiger partial charge in [0.2, 0.25) is 0 Å². The molecule has 1 fully saturated rings. The summed E-state index contributed by atoms with van der Waals surface area (Å²) in [5.41, 5.74) is 4.68. The maximum atomic E-state index is 12.7. The van der Waals surface area contributed by atoms with Gasteiger partial charge in [-0.3, -0.25) is 4.79 Å². The molecule has 20 heavy (non-hydrogen) atoms. The number of benzene rings is 2. The van der Waals surface area contributed by atoms with E-state index in [-0.39, 0.29) is 5.41 Å². The Morgan fingerprint density at radius 2 is 1.70 bits per heavy atom. The van der Waals surface area contributed by atoms with Crippen molar-refractivity contribution in [1.82, 2.24) is 0 Å². The molecule has 0 N–H and O–H groups in total. The summed E-state index contributed by atoms with van der Waals surface area (Å²) >= 11 is 0. The fraction of sp³-hybridized carbons (Fsp3) is 0.316. The van der Waals surface area contributed by atoms with E-state index in [0.717, 1.165) is 18.4 Å². The van der Waals surface area contributed by atoms with E-state index in [0.29, 0.717) is 12.2 Å². The molecule has 0 bridgehead atoms. The molecule has 2 aromatic rings. The van der Waals surface area contributed by atoms with Gasteiger partial charge in [-0.05, 0) is 48.9 Å². The zero-order chi connectivity index (χ0) is 14.2. The number of carbonyl (C=O) groups excluding carboxylic acids is 1. The number of hydrogen-bond acceptors (Lipinski definition) is 1. The van der Waals surface area contributed by atoms with Crippen molar-refractivity contribution in [1.29, 1.82) is 0 Å². The molecule has 0 heterocycles. The van der Waals surface area contributed by atoms with E-state index in [9.17, 15) is 4.79 Å². The van der Waals surface area contributed by atoms with Gasteiger partial charge in [-0.15, -0.1) is 0 Å². The van der Waals surface area contributed by atoms with Crippen molar-refractivity contribution < 1.29 is 4.79 Å². The maximum Gasteiger partial charge on any atom is 0.147 e.